The lowest BCUT2D eigenvalue weighted by molar-refractivity contribution is 0.949. The Morgan fingerprint density at radius 3 is 1.30 bits per heavy atom. The summed E-state index contributed by atoms with van der Waals surface area (Å²) in [5.74, 6) is 3.38. The number of pyridine rings is 1. The molecule has 0 saturated heterocycles. The van der Waals surface area contributed by atoms with Gasteiger partial charge in [-0.05, 0) is 48.5 Å². The predicted molar refractivity (Wildman–Crippen MR) is 264 cm³/mol. The van der Waals surface area contributed by atoms with Crippen LogP contribution in [0.1, 0.15) is 0 Å². The van der Waals surface area contributed by atoms with Gasteiger partial charge in [-0.25, -0.2) is 24.9 Å². The van der Waals surface area contributed by atoms with Crippen molar-refractivity contribution >= 4 is 54.5 Å². The average Bonchev–Trinajstić information content (AvgIpc) is 3.92. The van der Waals surface area contributed by atoms with Gasteiger partial charge in [-0.3, -0.25) is 4.57 Å². The van der Waals surface area contributed by atoms with Crippen LogP contribution in [0.5, 0.6) is 0 Å². The summed E-state index contributed by atoms with van der Waals surface area (Å²) in [4.78, 5) is 35.7. The van der Waals surface area contributed by atoms with Crippen LogP contribution in [0.4, 0.5) is 0 Å². The van der Waals surface area contributed by atoms with E-state index in [1.165, 1.54) is 0 Å². The lowest BCUT2D eigenvalue weighted by Crippen LogP contribution is -2.07. The fourth-order valence-electron chi connectivity index (χ4n) is 9.16. The maximum Gasteiger partial charge on any atom is 0.238 e. The lowest BCUT2D eigenvalue weighted by atomic mass is 10.1. The van der Waals surface area contributed by atoms with Crippen molar-refractivity contribution in [3.8, 4) is 68.7 Å². The molecule has 0 unspecified atom stereocenters. The number of benzene rings is 8. The second-order valence-electron chi connectivity index (χ2n) is 16.2. The van der Waals surface area contributed by atoms with Crippen molar-refractivity contribution in [1.29, 1.82) is 0 Å². The minimum absolute atomic E-state index is 0.489. The van der Waals surface area contributed by atoms with Crippen molar-refractivity contribution in [2.45, 2.75) is 0 Å². The van der Waals surface area contributed by atoms with Crippen LogP contribution in [0.2, 0.25) is 0 Å². The van der Waals surface area contributed by atoms with Crippen LogP contribution in [0, 0.1) is 0 Å². The number of para-hydroxylation sites is 3. The molecular formula is C57H35N9. The highest BCUT2D eigenvalue weighted by atomic mass is 15.2. The maximum absolute atomic E-state index is 5.29. The standard InChI is InChI=1S/C57H35N9/c1-4-17-37(18-5-1)52-59-53(38-19-6-2-7-20-38)61-54(60-52)40-28-31-41(32-29-40)65-48-26-14-11-23-42(48)44-33-34-45-43-24-12-15-27-49(43)66(51(45)50(44)65)57-63-55(39-21-8-3-9-22-39)62-56(64-57)47-35-30-36-16-10-13-25-46(36)58-47/h1-35H. The summed E-state index contributed by atoms with van der Waals surface area (Å²) in [5.41, 5.74) is 10.2. The topological polar surface area (TPSA) is 100 Å². The third-order valence-corrected chi connectivity index (χ3v) is 12.2. The number of aromatic nitrogens is 9. The van der Waals surface area contributed by atoms with Crippen LogP contribution in [-0.2, 0) is 0 Å². The summed E-state index contributed by atoms with van der Waals surface area (Å²) >= 11 is 0. The molecule has 9 heteroatoms. The summed E-state index contributed by atoms with van der Waals surface area (Å²) in [6.45, 7) is 0. The molecule has 0 atom stereocenters. The van der Waals surface area contributed by atoms with Gasteiger partial charge < -0.3 is 4.57 Å². The van der Waals surface area contributed by atoms with Crippen LogP contribution in [-0.4, -0.2) is 44.0 Å². The van der Waals surface area contributed by atoms with E-state index in [4.69, 9.17) is 34.9 Å². The third kappa shape index (κ3) is 6.21. The quantitative estimate of drug-likeness (QED) is 0.157. The van der Waals surface area contributed by atoms with Crippen molar-refractivity contribution in [2.24, 2.45) is 0 Å². The predicted octanol–water partition coefficient (Wildman–Crippen LogP) is 13.1. The van der Waals surface area contributed by atoms with Crippen molar-refractivity contribution in [3.63, 3.8) is 0 Å². The van der Waals surface area contributed by atoms with Gasteiger partial charge in [0.2, 0.25) is 5.95 Å². The molecule has 0 N–H and O–H groups in total. The van der Waals surface area contributed by atoms with E-state index in [0.717, 1.165) is 82.5 Å². The molecule has 0 radical (unpaired) electrons. The van der Waals surface area contributed by atoms with Crippen LogP contribution in [0.25, 0.3) is 123 Å². The normalized spacial score (nSPS) is 11.6. The zero-order valence-corrected chi connectivity index (χ0v) is 35.2. The molecular weight excluding hydrogens is 811 g/mol. The Kier molecular flexibility index (Phi) is 8.63. The Morgan fingerprint density at radius 1 is 0.273 bits per heavy atom. The van der Waals surface area contributed by atoms with E-state index < -0.39 is 0 Å². The van der Waals surface area contributed by atoms with Crippen molar-refractivity contribution in [2.75, 3.05) is 0 Å². The number of fused-ring (bicyclic) bond motifs is 8. The Hall–Kier alpha value is -9.21. The van der Waals surface area contributed by atoms with E-state index in [9.17, 15) is 0 Å². The summed E-state index contributed by atoms with van der Waals surface area (Å²) < 4.78 is 4.56. The molecule has 0 spiro atoms. The van der Waals surface area contributed by atoms with Gasteiger partial charge in [0.05, 0.1) is 27.6 Å². The summed E-state index contributed by atoms with van der Waals surface area (Å²) in [6.07, 6.45) is 0. The first-order chi connectivity index (χ1) is 32.7. The van der Waals surface area contributed by atoms with E-state index in [1.54, 1.807) is 0 Å². The third-order valence-electron chi connectivity index (χ3n) is 12.2. The first-order valence-corrected chi connectivity index (χ1v) is 21.8. The first-order valence-electron chi connectivity index (χ1n) is 21.8. The molecule has 66 heavy (non-hydrogen) atoms. The molecule has 5 heterocycles. The van der Waals surface area contributed by atoms with Crippen LogP contribution >= 0.6 is 0 Å². The molecule has 5 aromatic heterocycles. The number of nitrogens with zero attached hydrogens (tertiary/aromatic N) is 9. The molecule has 0 amide bonds. The van der Waals surface area contributed by atoms with Crippen molar-refractivity contribution in [3.05, 3.63) is 212 Å². The van der Waals surface area contributed by atoms with Gasteiger partial charge in [-0.1, -0.05) is 164 Å². The fourth-order valence-corrected chi connectivity index (χ4v) is 9.16. The molecule has 0 saturated carbocycles. The highest BCUT2D eigenvalue weighted by Crippen LogP contribution is 2.42. The van der Waals surface area contributed by atoms with Crippen molar-refractivity contribution in [1.82, 2.24) is 44.0 Å². The van der Waals surface area contributed by atoms with Gasteiger partial charge in [-0.2, -0.15) is 9.97 Å². The fraction of sp³-hybridized carbons (Fsp3) is 0. The SMILES string of the molecule is c1ccc(-c2nc(-c3ccccc3)nc(-c3ccc(-n4c5ccccc5c5ccc6c7ccccc7n(-c7nc(-c8ccccc8)nc(-c8ccc9ccccc9n8)n7)c6c54)cc3)n2)cc1. The van der Waals surface area contributed by atoms with Gasteiger partial charge in [0.25, 0.3) is 0 Å². The van der Waals surface area contributed by atoms with Gasteiger partial charge >= 0.3 is 0 Å². The van der Waals surface area contributed by atoms with E-state index in [2.05, 4.69) is 106 Å². The van der Waals surface area contributed by atoms with Crippen LogP contribution in [0.15, 0.2) is 212 Å². The summed E-state index contributed by atoms with van der Waals surface area (Å²) in [7, 11) is 0. The van der Waals surface area contributed by atoms with Gasteiger partial charge in [-0.15, -0.1) is 0 Å². The van der Waals surface area contributed by atoms with Crippen LogP contribution < -0.4 is 0 Å². The molecule has 8 aromatic carbocycles. The largest absolute Gasteiger partial charge is 0.307 e. The zero-order chi connectivity index (χ0) is 43.6. The minimum atomic E-state index is 0.489. The molecule has 0 fully saturated rings. The van der Waals surface area contributed by atoms with E-state index >= 15 is 0 Å². The molecule has 0 aliphatic rings. The maximum atomic E-state index is 5.29. The Labute approximate surface area is 378 Å². The van der Waals surface area contributed by atoms with Gasteiger partial charge in [0, 0.05) is 54.9 Å². The van der Waals surface area contributed by atoms with Crippen molar-refractivity contribution < 1.29 is 0 Å². The van der Waals surface area contributed by atoms with E-state index in [0.29, 0.717) is 40.8 Å². The highest BCUT2D eigenvalue weighted by Gasteiger charge is 2.24. The molecule has 0 aliphatic carbocycles. The van der Waals surface area contributed by atoms with E-state index in [-0.39, 0.29) is 0 Å². The first kappa shape index (κ1) is 37.4. The lowest BCUT2D eigenvalue weighted by Gasteiger charge is -2.14. The monoisotopic (exact) mass is 845 g/mol. The average molecular weight is 846 g/mol. The number of hydrogen-bond acceptors (Lipinski definition) is 7. The van der Waals surface area contributed by atoms with Gasteiger partial charge in [0.1, 0.15) is 5.69 Å². The molecule has 0 bridgehead atoms. The second-order valence-corrected chi connectivity index (χ2v) is 16.2. The van der Waals surface area contributed by atoms with E-state index in [1.807, 2.05) is 115 Å². The Morgan fingerprint density at radius 2 is 0.712 bits per heavy atom. The summed E-state index contributed by atoms with van der Waals surface area (Å²) in [6, 6.07) is 72.4. The number of hydrogen-bond donors (Lipinski definition) is 0. The molecule has 0 aliphatic heterocycles. The molecule has 13 rings (SSSR count). The smallest absolute Gasteiger partial charge is 0.238 e. The molecule has 9 nitrogen and oxygen atoms in total. The zero-order valence-electron chi connectivity index (χ0n) is 35.2. The second kappa shape index (κ2) is 15.3. The minimum Gasteiger partial charge on any atom is -0.307 e. The summed E-state index contributed by atoms with van der Waals surface area (Å²) in [5, 5.41) is 5.46. The molecule has 308 valence electrons. The Balaban J connectivity index is 1.05. The number of rotatable bonds is 7. The van der Waals surface area contributed by atoms with Gasteiger partial charge in [0.15, 0.2) is 29.1 Å². The highest BCUT2D eigenvalue weighted by molar-refractivity contribution is 6.23. The Bertz CT molecular complexity index is 3920. The van der Waals surface area contributed by atoms with Crippen LogP contribution in [0.3, 0.4) is 0 Å². The molecule has 13 aromatic rings.